The number of rotatable bonds is 4. The van der Waals surface area contributed by atoms with E-state index in [2.05, 4.69) is 21.2 Å². The molecule has 0 aliphatic heterocycles. The second kappa shape index (κ2) is 6.55. The van der Waals surface area contributed by atoms with Crippen molar-refractivity contribution in [2.75, 3.05) is 11.9 Å². The molecule has 0 bridgehead atoms. The van der Waals surface area contributed by atoms with E-state index in [-0.39, 0.29) is 0 Å². The van der Waals surface area contributed by atoms with E-state index in [0.717, 1.165) is 4.47 Å². The number of anilines is 1. The molecular weight excluding hydrogens is 329 g/mol. The summed E-state index contributed by atoms with van der Waals surface area (Å²) in [5, 5.41) is 4.32. The van der Waals surface area contributed by atoms with Crippen LogP contribution < -0.4 is 10.6 Å². The van der Waals surface area contributed by atoms with Crippen molar-refractivity contribution in [3.63, 3.8) is 0 Å². The number of amides is 2. The van der Waals surface area contributed by atoms with Gasteiger partial charge in [0.15, 0.2) is 0 Å². The number of nitrogens with one attached hydrogen (secondary N) is 2. The fourth-order valence-corrected chi connectivity index (χ4v) is 1.43. The van der Waals surface area contributed by atoms with Crippen LogP contribution in [-0.4, -0.2) is 24.5 Å². The van der Waals surface area contributed by atoms with Crippen LogP contribution >= 0.6 is 15.9 Å². The third-order valence-corrected chi connectivity index (χ3v) is 2.46. The zero-order chi connectivity index (χ0) is 14.5. The molecule has 1 aromatic rings. The molecule has 0 radical (unpaired) electrons. The van der Waals surface area contributed by atoms with Crippen molar-refractivity contribution < 1.29 is 22.8 Å². The molecule has 4 nitrogen and oxygen atoms in total. The Bertz CT molecular complexity index is 460. The lowest BCUT2D eigenvalue weighted by molar-refractivity contribution is -0.154. The Morgan fingerprint density at radius 3 is 2.21 bits per heavy atom. The molecule has 19 heavy (non-hydrogen) atoms. The largest absolute Gasteiger partial charge is 0.397 e. The molecule has 1 aromatic carbocycles. The maximum Gasteiger partial charge on any atom is 0.397 e. The van der Waals surface area contributed by atoms with Crippen LogP contribution in [0.4, 0.5) is 18.9 Å². The minimum Gasteiger partial charge on any atom is -0.347 e. The van der Waals surface area contributed by atoms with Gasteiger partial charge in [0.25, 0.3) is 0 Å². The van der Waals surface area contributed by atoms with Gasteiger partial charge in [0.1, 0.15) is 6.42 Å². The van der Waals surface area contributed by atoms with Gasteiger partial charge in [-0.25, -0.2) is 0 Å². The Morgan fingerprint density at radius 1 is 1.11 bits per heavy atom. The Morgan fingerprint density at radius 2 is 1.68 bits per heavy atom. The Labute approximate surface area is 115 Å². The van der Waals surface area contributed by atoms with Gasteiger partial charge >= 0.3 is 6.18 Å². The van der Waals surface area contributed by atoms with Crippen LogP contribution in [0.15, 0.2) is 28.7 Å². The lowest BCUT2D eigenvalue weighted by Gasteiger charge is -2.08. The van der Waals surface area contributed by atoms with Gasteiger partial charge in [-0.2, -0.15) is 13.2 Å². The van der Waals surface area contributed by atoms with Gasteiger partial charge in [-0.3, -0.25) is 9.59 Å². The summed E-state index contributed by atoms with van der Waals surface area (Å²) < 4.78 is 36.4. The van der Waals surface area contributed by atoms with Crippen molar-refractivity contribution in [3.8, 4) is 0 Å². The maximum absolute atomic E-state index is 11.8. The summed E-state index contributed by atoms with van der Waals surface area (Å²) in [5.74, 6) is -1.84. The third kappa shape index (κ3) is 6.80. The second-order valence-corrected chi connectivity index (χ2v) is 4.54. The van der Waals surface area contributed by atoms with Crippen molar-refractivity contribution >= 4 is 33.4 Å². The average molecular weight is 339 g/mol. The van der Waals surface area contributed by atoms with Gasteiger partial charge in [0.05, 0.1) is 6.54 Å². The number of carbonyl (C=O) groups is 2. The van der Waals surface area contributed by atoms with E-state index in [9.17, 15) is 22.8 Å². The quantitative estimate of drug-likeness (QED) is 0.885. The van der Waals surface area contributed by atoms with E-state index in [1.807, 2.05) is 5.32 Å². The molecule has 0 heterocycles. The first-order valence-corrected chi connectivity index (χ1v) is 5.94. The molecule has 0 aromatic heterocycles. The number of hydrogen-bond acceptors (Lipinski definition) is 2. The number of halogens is 4. The lowest BCUT2D eigenvalue weighted by atomic mass is 10.3. The van der Waals surface area contributed by atoms with Crippen LogP contribution in [0.3, 0.4) is 0 Å². The van der Waals surface area contributed by atoms with Crippen LogP contribution in [0.25, 0.3) is 0 Å². The predicted octanol–water partition coefficient (Wildman–Crippen LogP) is 2.46. The summed E-state index contributed by atoms with van der Waals surface area (Å²) in [7, 11) is 0. The Kier molecular flexibility index (Phi) is 5.34. The molecule has 0 aliphatic carbocycles. The third-order valence-electron chi connectivity index (χ3n) is 1.94. The zero-order valence-corrected chi connectivity index (χ0v) is 11.1. The lowest BCUT2D eigenvalue weighted by Crippen LogP contribution is -2.35. The van der Waals surface area contributed by atoms with E-state index in [1.165, 1.54) is 0 Å². The van der Waals surface area contributed by atoms with E-state index >= 15 is 0 Å². The number of carbonyl (C=O) groups excluding carboxylic acids is 2. The number of alkyl halides is 3. The van der Waals surface area contributed by atoms with Crippen molar-refractivity contribution in [1.82, 2.24) is 5.32 Å². The van der Waals surface area contributed by atoms with E-state index < -0.39 is 31.0 Å². The van der Waals surface area contributed by atoms with Gasteiger partial charge in [-0.05, 0) is 24.3 Å². The van der Waals surface area contributed by atoms with Crippen molar-refractivity contribution in [2.45, 2.75) is 12.6 Å². The summed E-state index contributed by atoms with van der Waals surface area (Å²) in [6.07, 6.45) is -6.18. The molecule has 0 fully saturated rings. The van der Waals surface area contributed by atoms with E-state index in [4.69, 9.17) is 0 Å². The van der Waals surface area contributed by atoms with Gasteiger partial charge < -0.3 is 10.6 Å². The molecule has 8 heteroatoms. The molecular formula is C11H10BrF3N2O2. The molecule has 0 aliphatic rings. The Balaban J connectivity index is 2.36. The minimum absolute atomic E-state index is 0.485. The average Bonchev–Trinajstić information content (AvgIpc) is 2.27. The van der Waals surface area contributed by atoms with Gasteiger partial charge in [0.2, 0.25) is 11.8 Å². The topological polar surface area (TPSA) is 58.2 Å². The highest BCUT2D eigenvalue weighted by molar-refractivity contribution is 9.10. The fourth-order valence-electron chi connectivity index (χ4n) is 1.16. The van der Waals surface area contributed by atoms with Crippen LogP contribution in [0.5, 0.6) is 0 Å². The standard InChI is InChI=1S/C11H10BrF3N2O2/c12-7-1-3-8(4-2-7)17-10(19)6-16-9(18)5-11(13,14)15/h1-4H,5-6H2,(H,16,18)(H,17,19). The number of benzene rings is 1. The molecule has 0 spiro atoms. The molecule has 104 valence electrons. The molecule has 0 saturated heterocycles. The summed E-state index contributed by atoms with van der Waals surface area (Å²) in [4.78, 5) is 22.2. The zero-order valence-electron chi connectivity index (χ0n) is 9.55. The monoisotopic (exact) mass is 338 g/mol. The fraction of sp³-hybridized carbons (Fsp3) is 0.273. The van der Waals surface area contributed by atoms with Crippen molar-refractivity contribution in [3.05, 3.63) is 28.7 Å². The first-order chi connectivity index (χ1) is 8.76. The van der Waals surface area contributed by atoms with E-state index in [0.29, 0.717) is 5.69 Å². The molecule has 0 saturated carbocycles. The van der Waals surface area contributed by atoms with Crippen LogP contribution in [0, 0.1) is 0 Å². The predicted molar refractivity (Wildman–Crippen MR) is 66.5 cm³/mol. The van der Waals surface area contributed by atoms with E-state index in [1.54, 1.807) is 24.3 Å². The summed E-state index contributed by atoms with van der Waals surface area (Å²) >= 11 is 3.21. The Hall–Kier alpha value is -1.57. The smallest absolute Gasteiger partial charge is 0.347 e. The first kappa shape index (κ1) is 15.5. The van der Waals surface area contributed by atoms with Crippen molar-refractivity contribution in [2.24, 2.45) is 0 Å². The molecule has 0 unspecified atom stereocenters. The van der Waals surface area contributed by atoms with Gasteiger partial charge in [-0.1, -0.05) is 15.9 Å². The first-order valence-electron chi connectivity index (χ1n) is 5.15. The minimum atomic E-state index is -4.58. The maximum atomic E-state index is 11.8. The highest BCUT2D eigenvalue weighted by Gasteiger charge is 2.31. The van der Waals surface area contributed by atoms with Gasteiger partial charge in [-0.15, -0.1) is 0 Å². The summed E-state index contributed by atoms with van der Waals surface area (Å²) in [6.45, 7) is -0.509. The van der Waals surface area contributed by atoms with Gasteiger partial charge in [0, 0.05) is 10.2 Å². The highest BCUT2D eigenvalue weighted by atomic mass is 79.9. The van der Waals surface area contributed by atoms with Crippen LogP contribution in [-0.2, 0) is 9.59 Å². The molecule has 2 N–H and O–H groups in total. The summed E-state index contributed by atoms with van der Waals surface area (Å²) in [6, 6.07) is 6.61. The molecule has 2 amide bonds. The van der Waals surface area contributed by atoms with Crippen LogP contribution in [0.1, 0.15) is 6.42 Å². The van der Waals surface area contributed by atoms with Crippen molar-refractivity contribution in [1.29, 1.82) is 0 Å². The number of hydrogen-bond donors (Lipinski definition) is 2. The second-order valence-electron chi connectivity index (χ2n) is 3.62. The SMILES string of the molecule is O=C(CC(F)(F)F)NCC(=O)Nc1ccc(Br)cc1. The normalized spacial score (nSPS) is 10.9. The van der Waals surface area contributed by atoms with Crippen LogP contribution in [0.2, 0.25) is 0 Å². The molecule has 1 rings (SSSR count). The molecule has 0 atom stereocenters. The summed E-state index contributed by atoms with van der Waals surface area (Å²) in [5.41, 5.74) is 0.485. The highest BCUT2D eigenvalue weighted by Crippen LogP contribution is 2.18.